The summed E-state index contributed by atoms with van der Waals surface area (Å²) in [5, 5.41) is 2.69. The van der Waals surface area contributed by atoms with E-state index in [9.17, 15) is 9.59 Å². The maximum Gasteiger partial charge on any atom is 0.325 e. The predicted octanol–water partition coefficient (Wildman–Crippen LogP) is -0.0141. The Morgan fingerprint density at radius 3 is 2.53 bits per heavy atom. The molecule has 2 rings (SSSR count). The number of likely N-dealkylation sites (N-methyl/N-ethyl adjacent to an activating group) is 1. The first-order valence-corrected chi connectivity index (χ1v) is 6.91. The minimum atomic E-state index is -0.778. The van der Waals surface area contributed by atoms with Gasteiger partial charge in [-0.25, -0.2) is 4.79 Å². The number of urea groups is 1. The van der Waals surface area contributed by atoms with E-state index < -0.39 is 5.54 Å². The lowest BCUT2D eigenvalue weighted by atomic mass is 10.1. The van der Waals surface area contributed by atoms with Crippen LogP contribution in [-0.4, -0.2) is 60.0 Å². The van der Waals surface area contributed by atoms with Crippen molar-refractivity contribution in [1.29, 1.82) is 0 Å². The Labute approximate surface area is 114 Å². The maximum absolute atomic E-state index is 12.0. The molecule has 1 saturated heterocycles. The fraction of sp³-hybridized carbons (Fsp3) is 0.846. The highest BCUT2D eigenvalue weighted by molar-refractivity contribution is 6.06. The van der Waals surface area contributed by atoms with Crippen molar-refractivity contribution in [3.05, 3.63) is 0 Å². The zero-order valence-corrected chi connectivity index (χ0v) is 12.0. The molecule has 1 saturated carbocycles. The molecule has 3 N–H and O–H groups in total. The molecule has 1 aliphatic carbocycles. The van der Waals surface area contributed by atoms with Crippen molar-refractivity contribution >= 4 is 11.9 Å². The van der Waals surface area contributed by atoms with Crippen LogP contribution in [0.3, 0.4) is 0 Å². The van der Waals surface area contributed by atoms with Gasteiger partial charge in [0.15, 0.2) is 0 Å². The first-order valence-electron chi connectivity index (χ1n) is 6.91. The van der Waals surface area contributed by atoms with Gasteiger partial charge in [0.2, 0.25) is 0 Å². The summed E-state index contributed by atoms with van der Waals surface area (Å²) in [5.74, 6) is 0.538. The Balaban J connectivity index is 1.88. The van der Waals surface area contributed by atoms with Crippen molar-refractivity contribution in [2.75, 3.05) is 26.7 Å². The van der Waals surface area contributed by atoms with E-state index in [1.165, 1.54) is 17.7 Å². The van der Waals surface area contributed by atoms with E-state index in [0.717, 1.165) is 0 Å². The average Bonchev–Trinajstić information content (AvgIpc) is 3.10. The van der Waals surface area contributed by atoms with Gasteiger partial charge in [-0.1, -0.05) is 0 Å². The molecule has 2 aliphatic rings. The van der Waals surface area contributed by atoms with Crippen LogP contribution in [0, 0.1) is 5.92 Å². The largest absolute Gasteiger partial charge is 0.329 e. The lowest BCUT2D eigenvalue weighted by molar-refractivity contribution is -0.130. The van der Waals surface area contributed by atoms with Gasteiger partial charge in [0.25, 0.3) is 5.91 Å². The summed E-state index contributed by atoms with van der Waals surface area (Å²) in [6.45, 7) is 5.18. The second-order valence-corrected chi connectivity index (χ2v) is 6.13. The number of nitrogens with one attached hydrogen (secondary N) is 1. The van der Waals surface area contributed by atoms with E-state index in [0.29, 0.717) is 31.6 Å². The summed E-state index contributed by atoms with van der Waals surface area (Å²) >= 11 is 0. The van der Waals surface area contributed by atoms with Crippen molar-refractivity contribution < 1.29 is 9.59 Å². The fourth-order valence-corrected chi connectivity index (χ4v) is 2.66. The van der Waals surface area contributed by atoms with Crippen LogP contribution >= 0.6 is 0 Å². The normalized spacial score (nSPS) is 23.9. The van der Waals surface area contributed by atoms with Gasteiger partial charge in [0.1, 0.15) is 5.54 Å². The van der Waals surface area contributed by atoms with Crippen LogP contribution < -0.4 is 11.1 Å². The number of imide groups is 1. The standard InChI is InChI=1S/C13H24N4O2/c1-13(2)11(18)17(12(19)15-13)7-6-16(3)10(8-14)9-4-5-9/h9-10H,4-8,14H2,1-3H3,(H,15,19). The van der Waals surface area contributed by atoms with Gasteiger partial charge in [-0.05, 0) is 39.7 Å². The van der Waals surface area contributed by atoms with Crippen molar-refractivity contribution in [2.24, 2.45) is 11.7 Å². The van der Waals surface area contributed by atoms with E-state index >= 15 is 0 Å². The molecule has 6 heteroatoms. The number of amides is 3. The number of rotatable bonds is 6. The van der Waals surface area contributed by atoms with Crippen LogP contribution in [0.1, 0.15) is 26.7 Å². The van der Waals surface area contributed by atoms with Crippen LogP contribution in [0.5, 0.6) is 0 Å². The third kappa shape index (κ3) is 2.90. The molecule has 0 aromatic heterocycles. The highest BCUT2D eigenvalue weighted by Crippen LogP contribution is 2.34. The average molecular weight is 268 g/mol. The minimum Gasteiger partial charge on any atom is -0.329 e. The molecular weight excluding hydrogens is 244 g/mol. The SMILES string of the molecule is CN(CCN1C(=O)NC(C)(C)C1=O)C(CN)C1CC1. The fourth-order valence-electron chi connectivity index (χ4n) is 2.66. The second-order valence-electron chi connectivity index (χ2n) is 6.13. The number of carbonyl (C=O) groups is 2. The Hall–Kier alpha value is -1.14. The van der Waals surface area contributed by atoms with Crippen LogP contribution in [0.4, 0.5) is 4.79 Å². The molecule has 6 nitrogen and oxygen atoms in total. The molecule has 1 atom stereocenters. The smallest absolute Gasteiger partial charge is 0.325 e. The summed E-state index contributed by atoms with van der Waals surface area (Å²) in [6.07, 6.45) is 2.48. The summed E-state index contributed by atoms with van der Waals surface area (Å²) in [5.41, 5.74) is 5.02. The number of carbonyl (C=O) groups excluding carboxylic acids is 2. The lowest BCUT2D eigenvalue weighted by Crippen LogP contribution is -2.45. The van der Waals surface area contributed by atoms with E-state index in [-0.39, 0.29) is 11.9 Å². The van der Waals surface area contributed by atoms with Crippen molar-refractivity contribution in [1.82, 2.24) is 15.1 Å². The van der Waals surface area contributed by atoms with Crippen LogP contribution in [0.25, 0.3) is 0 Å². The van der Waals surface area contributed by atoms with Crippen LogP contribution in [0.15, 0.2) is 0 Å². The van der Waals surface area contributed by atoms with E-state index in [4.69, 9.17) is 5.73 Å². The molecule has 3 amide bonds. The van der Waals surface area contributed by atoms with Gasteiger partial charge in [-0.2, -0.15) is 0 Å². The second kappa shape index (κ2) is 5.09. The molecule has 0 aromatic carbocycles. The number of hydrogen-bond donors (Lipinski definition) is 2. The molecule has 0 aromatic rings. The topological polar surface area (TPSA) is 78.7 Å². The molecule has 19 heavy (non-hydrogen) atoms. The molecule has 0 radical (unpaired) electrons. The van der Waals surface area contributed by atoms with E-state index in [2.05, 4.69) is 10.2 Å². The molecule has 0 bridgehead atoms. The zero-order valence-electron chi connectivity index (χ0n) is 12.0. The number of hydrogen-bond acceptors (Lipinski definition) is 4. The van der Waals surface area contributed by atoms with Crippen molar-refractivity contribution in [3.8, 4) is 0 Å². The lowest BCUT2D eigenvalue weighted by Gasteiger charge is -2.28. The van der Waals surface area contributed by atoms with Gasteiger partial charge in [-0.3, -0.25) is 9.69 Å². The molecule has 108 valence electrons. The van der Waals surface area contributed by atoms with Crippen LogP contribution in [0.2, 0.25) is 0 Å². The maximum atomic E-state index is 12.0. The summed E-state index contributed by atoms with van der Waals surface area (Å²) in [4.78, 5) is 27.3. The molecule has 1 heterocycles. The van der Waals surface area contributed by atoms with E-state index in [1.54, 1.807) is 13.8 Å². The highest BCUT2D eigenvalue weighted by atomic mass is 16.2. The first-order chi connectivity index (χ1) is 8.86. The Kier molecular flexibility index (Phi) is 3.82. The summed E-state index contributed by atoms with van der Waals surface area (Å²) < 4.78 is 0. The molecule has 2 fully saturated rings. The Bertz CT molecular complexity index is 379. The number of nitrogens with zero attached hydrogens (tertiary/aromatic N) is 2. The Morgan fingerprint density at radius 1 is 1.47 bits per heavy atom. The van der Waals surface area contributed by atoms with Crippen molar-refractivity contribution in [3.63, 3.8) is 0 Å². The predicted molar refractivity (Wildman–Crippen MR) is 72.5 cm³/mol. The highest BCUT2D eigenvalue weighted by Gasteiger charge is 2.44. The summed E-state index contributed by atoms with van der Waals surface area (Å²) in [7, 11) is 2.01. The molecule has 1 unspecified atom stereocenters. The molecular formula is C13H24N4O2. The molecule has 1 aliphatic heterocycles. The first kappa shape index (κ1) is 14.3. The van der Waals surface area contributed by atoms with Gasteiger partial charge >= 0.3 is 6.03 Å². The third-order valence-corrected chi connectivity index (χ3v) is 4.09. The summed E-state index contributed by atoms with van der Waals surface area (Å²) in [6, 6.07) is 0.0768. The van der Waals surface area contributed by atoms with E-state index in [1.807, 2.05) is 7.05 Å². The van der Waals surface area contributed by atoms with Gasteiger partial charge < -0.3 is 16.0 Å². The van der Waals surface area contributed by atoms with Crippen molar-refractivity contribution in [2.45, 2.75) is 38.3 Å². The van der Waals surface area contributed by atoms with Gasteiger partial charge in [-0.15, -0.1) is 0 Å². The zero-order chi connectivity index (χ0) is 14.2. The monoisotopic (exact) mass is 268 g/mol. The van der Waals surface area contributed by atoms with Crippen LogP contribution in [-0.2, 0) is 4.79 Å². The quantitative estimate of drug-likeness (QED) is 0.664. The van der Waals surface area contributed by atoms with Gasteiger partial charge in [0.05, 0.1) is 0 Å². The minimum absolute atomic E-state index is 0.151. The molecule has 0 spiro atoms. The third-order valence-electron chi connectivity index (χ3n) is 4.09. The Morgan fingerprint density at radius 2 is 2.11 bits per heavy atom. The number of nitrogens with two attached hydrogens (primary N) is 1. The van der Waals surface area contributed by atoms with Gasteiger partial charge in [0, 0.05) is 25.7 Å².